The highest BCUT2D eigenvalue weighted by Gasteiger charge is 2.37. The summed E-state index contributed by atoms with van der Waals surface area (Å²) in [6.07, 6.45) is 0.709. The number of carbonyl (C=O) groups is 2. The first-order chi connectivity index (χ1) is 9.11. The molecule has 6 nitrogen and oxygen atoms in total. The lowest BCUT2D eigenvalue weighted by Gasteiger charge is -2.35. The van der Waals surface area contributed by atoms with E-state index in [0.717, 1.165) is 39.1 Å². The van der Waals surface area contributed by atoms with Gasteiger partial charge in [-0.2, -0.15) is 0 Å². The third kappa shape index (κ3) is 3.45. The Morgan fingerprint density at radius 1 is 1.16 bits per heavy atom. The molecule has 6 heteroatoms. The molecule has 2 unspecified atom stereocenters. The number of rotatable bonds is 4. The van der Waals surface area contributed by atoms with Crippen LogP contribution in [0.3, 0.4) is 0 Å². The zero-order valence-electron chi connectivity index (χ0n) is 11.4. The highest BCUT2D eigenvalue weighted by molar-refractivity contribution is 5.82. The van der Waals surface area contributed by atoms with Gasteiger partial charge in [-0.05, 0) is 25.8 Å². The largest absolute Gasteiger partial charge is 0.479 e. The fourth-order valence-electron chi connectivity index (χ4n) is 2.71. The predicted molar refractivity (Wildman–Crippen MR) is 68.8 cm³/mol. The first-order valence-electron chi connectivity index (χ1n) is 7.01. The molecule has 2 heterocycles. The second kappa shape index (κ2) is 6.34. The van der Waals surface area contributed by atoms with Crippen LogP contribution < -0.4 is 0 Å². The van der Waals surface area contributed by atoms with Gasteiger partial charge in [-0.3, -0.25) is 9.69 Å². The first-order valence-corrected chi connectivity index (χ1v) is 7.01. The van der Waals surface area contributed by atoms with Gasteiger partial charge in [-0.1, -0.05) is 6.92 Å². The van der Waals surface area contributed by atoms with Gasteiger partial charge in [0, 0.05) is 26.2 Å². The molecule has 19 heavy (non-hydrogen) atoms. The Morgan fingerprint density at radius 3 is 2.32 bits per heavy atom. The molecule has 2 aliphatic rings. The maximum atomic E-state index is 12.2. The summed E-state index contributed by atoms with van der Waals surface area (Å²) >= 11 is 0. The third-order valence-electron chi connectivity index (χ3n) is 3.79. The molecule has 0 spiro atoms. The van der Waals surface area contributed by atoms with Gasteiger partial charge < -0.3 is 14.7 Å². The van der Waals surface area contributed by atoms with Crippen LogP contribution in [-0.2, 0) is 14.3 Å². The van der Waals surface area contributed by atoms with Crippen LogP contribution in [-0.4, -0.2) is 71.7 Å². The summed E-state index contributed by atoms with van der Waals surface area (Å²) in [6, 6.07) is 0. The predicted octanol–water partition coefficient (Wildman–Crippen LogP) is 0.173. The van der Waals surface area contributed by atoms with E-state index in [9.17, 15) is 9.59 Å². The second-order valence-corrected chi connectivity index (χ2v) is 5.20. The Bertz CT molecular complexity index is 340. The van der Waals surface area contributed by atoms with Crippen LogP contribution in [0, 0.1) is 0 Å². The molecule has 2 fully saturated rings. The van der Waals surface area contributed by atoms with Gasteiger partial charge in [0.05, 0.1) is 0 Å². The summed E-state index contributed by atoms with van der Waals surface area (Å²) in [6.45, 7) is 6.45. The quantitative estimate of drug-likeness (QED) is 0.788. The van der Waals surface area contributed by atoms with Crippen molar-refractivity contribution in [1.82, 2.24) is 9.80 Å². The number of hydrogen-bond donors (Lipinski definition) is 1. The van der Waals surface area contributed by atoms with Crippen molar-refractivity contribution >= 4 is 11.9 Å². The van der Waals surface area contributed by atoms with E-state index >= 15 is 0 Å². The van der Waals surface area contributed by atoms with Crippen LogP contribution in [0.5, 0.6) is 0 Å². The number of ether oxygens (including phenoxy) is 1. The van der Waals surface area contributed by atoms with Crippen LogP contribution in [0.25, 0.3) is 0 Å². The van der Waals surface area contributed by atoms with E-state index in [1.54, 1.807) is 4.90 Å². The van der Waals surface area contributed by atoms with Crippen LogP contribution in [0.4, 0.5) is 0 Å². The number of amides is 1. The highest BCUT2D eigenvalue weighted by Crippen LogP contribution is 2.22. The number of carboxylic acid groups (broad SMARTS) is 1. The van der Waals surface area contributed by atoms with E-state index in [4.69, 9.17) is 9.84 Å². The number of piperazine rings is 1. The summed E-state index contributed by atoms with van der Waals surface area (Å²) in [4.78, 5) is 27.2. The minimum atomic E-state index is -0.969. The molecule has 108 valence electrons. The van der Waals surface area contributed by atoms with Crippen molar-refractivity contribution in [2.24, 2.45) is 0 Å². The van der Waals surface area contributed by atoms with E-state index in [1.807, 2.05) is 0 Å². The standard InChI is InChI=1S/C13H22N2O4/c1-2-5-14-6-8-15(9-7-14)12(16)10-3-4-11(19-10)13(17)18/h10-11H,2-9H2,1H3,(H,17,18). The van der Waals surface area contributed by atoms with Gasteiger partial charge in [0.25, 0.3) is 5.91 Å². The molecule has 2 rings (SSSR count). The van der Waals surface area contributed by atoms with Gasteiger partial charge in [0.15, 0.2) is 6.10 Å². The molecule has 0 aromatic rings. The molecule has 0 aromatic heterocycles. The topological polar surface area (TPSA) is 70.1 Å². The van der Waals surface area contributed by atoms with Gasteiger partial charge in [-0.15, -0.1) is 0 Å². The fraction of sp³-hybridized carbons (Fsp3) is 0.846. The van der Waals surface area contributed by atoms with Gasteiger partial charge in [-0.25, -0.2) is 4.79 Å². The number of aliphatic carboxylic acids is 1. The second-order valence-electron chi connectivity index (χ2n) is 5.20. The molecule has 2 aliphatic heterocycles. The summed E-state index contributed by atoms with van der Waals surface area (Å²) < 4.78 is 5.31. The van der Waals surface area contributed by atoms with E-state index in [-0.39, 0.29) is 5.91 Å². The number of carboxylic acids is 1. The third-order valence-corrected chi connectivity index (χ3v) is 3.79. The number of carbonyl (C=O) groups excluding carboxylic acids is 1. The maximum absolute atomic E-state index is 12.2. The summed E-state index contributed by atoms with van der Waals surface area (Å²) in [7, 11) is 0. The van der Waals surface area contributed by atoms with E-state index in [2.05, 4.69) is 11.8 Å². The molecule has 0 radical (unpaired) electrons. The molecule has 0 bridgehead atoms. The van der Waals surface area contributed by atoms with Crippen LogP contribution in [0.1, 0.15) is 26.2 Å². The van der Waals surface area contributed by atoms with Gasteiger partial charge in [0.2, 0.25) is 0 Å². The van der Waals surface area contributed by atoms with Crippen LogP contribution in [0.2, 0.25) is 0 Å². The first kappa shape index (κ1) is 14.3. The highest BCUT2D eigenvalue weighted by atomic mass is 16.5. The molecule has 0 aromatic carbocycles. The SMILES string of the molecule is CCCN1CCN(C(=O)C2CCC(C(=O)O)O2)CC1. The van der Waals surface area contributed by atoms with Crippen molar-refractivity contribution in [3.05, 3.63) is 0 Å². The Morgan fingerprint density at radius 2 is 1.79 bits per heavy atom. The lowest BCUT2D eigenvalue weighted by molar-refractivity contribution is -0.155. The Balaban J connectivity index is 1.80. The molecule has 1 amide bonds. The average molecular weight is 270 g/mol. The Labute approximate surface area is 113 Å². The fourth-order valence-corrected chi connectivity index (χ4v) is 2.71. The van der Waals surface area contributed by atoms with Crippen molar-refractivity contribution in [3.8, 4) is 0 Å². The monoisotopic (exact) mass is 270 g/mol. The normalized spacial score (nSPS) is 28.6. The molecule has 2 saturated heterocycles. The van der Waals surface area contributed by atoms with Crippen molar-refractivity contribution in [1.29, 1.82) is 0 Å². The van der Waals surface area contributed by atoms with Gasteiger partial charge >= 0.3 is 5.97 Å². The minimum absolute atomic E-state index is 0.0418. The zero-order valence-corrected chi connectivity index (χ0v) is 11.4. The van der Waals surface area contributed by atoms with Crippen molar-refractivity contribution in [3.63, 3.8) is 0 Å². The van der Waals surface area contributed by atoms with Crippen LogP contribution in [0.15, 0.2) is 0 Å². The molecule has 0 saturated carbocycles. The Kier molecular flexibility index (Phi) is 4.76. The van der Waals surface area contributed by atoms with E-state index < -0.39 is 18.2 Å². The van der Waals surface area contributed by atoms with Gasteiger partial charge in [0.1, 0.15) is 6.10 Å². The molecular formula is C13H22N2O4. The molecule has 0 aliphatic carbocycles. The summed E-state index contributed by atoms with van der Waals surface area (Å²) in [5.74, 6) is -1.01. The van der Waals surface area contributed by atoms with Crippen LogP contribution >= 0.6 is 0 Å². The lowest BCUT2D eigenvalue weighted by atomic mass is 10.1. The maximum Gasteiger partial charge on any atom is 0.332 e. The minimum Gasteiger partial charge on any atom is -0.479 e. The summed E-state index contributed by atoms with van der Waals surface area (Å²) in [5.41, 5.74) is 0. The molecule has 1 N–H and O–H groups in total. The number of nitrogens with zero attached hydrogens (tertiary/aromatic N) is 2. The van der Waals surface area contributed by atoms with E-state index in [0.29, 0.717) is 12.8 Å². The lowest BCUT2D eigenvalue weighted by Crippen LogP contribution is -2.51. The number of hydrogen-bond acceptors (Lipinski definition) is 4. The van der Waals surface area contributed by atoms with Crippen molar-refractivity contribution in [2.45, 2.75) is 38.4 Å². The Hall–Kier alpha value is -1.14. The van der Waals surface area contributed by atoms with E-state index in [1.165, 1.54) is 0 Å². The zero-order chi connectivity index (χ0) is 13.8. The molecule has 2 atom stereocenters. The van der Waals surface area contributed by atoms with Crippen molar-refractivity contribution < 1.29 is 19.4 Å². The molecular weight excluding hydrogens is 248 g/mol. The average Bonchev–Trinajstić information content (AvgIpc) is 2.89. The summed E-state index contributed by atoms with van der Waals surface area (Å²) in [5, 5.41) is 8.86. The smallest absolute Gasteiger partial charge is 0.332 e. The van der Waals surface area contributed by atoms with Crippen molar-refractivity contribution in [2.75, 3.05) is 32.7 Å².